The molecule has 8 atom stereocenters. The van der Waals surface area contributed by atoms with Gasteiger partial charge in [-0.25, -0.2) is 4.39 Å². The zero-order chi connectivity index (χ0) is 19.4. The minimum Gasteiger partial charge on any atom is -0.393 e. The topological polar surface area (TPSA) is 76.6 Å². The number of halogens is 1. The number of nitrogens with one attached hydrogen (secondary N) is 3. The number of likely N-dealkylation sites (tertiary alicyclic amines) is 1. The Bertz CT molecular complexity index is 607. The fraction of sp³-hybridized carbons (Fsp3) is 0.950. The second-order valence-electron chi connectivity index (χ2n) is 9.66. The molecule has 5 rings (SSSR count). The van der Waals surface area contributed by atoms with Crippen LogP contribution in [0.25, 0.3) is 0 Å². The second-order valence-corrected chi connectivity index (χ2v) is 11.0. The third-order valence-corrected chi connectivity index (χ3v) is 9.03. The van der Waals surface area contributed by atoms with E-state index in [1.54, 1.807) is 0 Å². The van der Waals surface area contributed by atoms with Crippen LogP contribution in [0.3, 0.4) is 0 Å². The summed E-state index contributed by atoms with van der Waals surface area (Å²) in [5, 5.41) is 20.6. The largest absolute Gasteiger partial charge is 0.393 e. The molecule has 5 fully saturated rings. The van der Waals surface area contributed by atoms with Crippen LogP contribution < -0.4 is 16.0 Å². The maximum absolute atomic E-state index is 13.9. The molecule has 6 nitrogen and oxygen atoms in total. The normalized spacial score (nSPS) is 50.8. The third-order valence-electron chi connectivity index (χ3n) is 7.65. The lowest BCUT2D eigenvalue weighted by Gasteiger charge is -2.35. The van der Waals surface area contributed by atoms with Gasteiger partial charge >= 0.3 is 0 Å². The van der Waals surface area contributed by atoms with Crippen molar-refractivity contribution in [1.29, 1.82) is 0 Å². The maximum atomic E-state index is 13.9. The van der Waals surface area contributed by atoms with Gasteiger partial charge in [0, 0.05) is 36.5 Å². The van der Waals surface area contributed by atoms with E-state index in [4.69, 9.17) is 0 Å². The highest BCUT2D eigenvalue weighted by atomic mass is 32.2. The van der Waals surface area contributed by atoms with Gasteiger partial charge in [-0.05, 0) is 50.4 Å². The van der Waals surface area contributed by atoms with Gasteiger partial charge in [-0.2, -0.15) is 0 Å². The van der Waals surface area contributed by atoms with Gasteiger partial charge < -0.3 is 15.3 Å². The van der Waals surface area contributed by atoms with E-state index in [9.17, 15) is 14.3 Å². The van der Waals surface area contributed by atoms with E-state index in [1.165, 1.54) is 0 Å². The fourth-order valence-electron chi connectivity index (χ4n) is 5.98. The number of thioether (sulfide) groups is 1. The van der Waals surface area contributed by atoms with Gasteiger partial charge in [-0.3, -0.25) is 15.4 Å². The average molecular weight is 413 g/mol. The van der Waals surface area contributed by atoms with Gasteiger partial charge in [-0.1, -0.05) is 6.92 Å². The number of alkyl halides is 1. The Kier molecular flexibility index (Phi) is 5.37. The van der Waals surface area contributed by atoms with E-state index in [2.05, 4.69) is 22.9 Å². The summed E-state index contributed by atoms with van der Waals surface area (Å²) in [6.07, 6.45) is 3.86. The van der Waals surface area contributed by atoms with Crippen LogP contribution in [0.4, 0.5) is 4.39 Å². The van der Waals surface area contributed by atoms with Gasteiger partial charge in [0.05, 0.1) is 12.1 Å². The molecule has 2 saturated carbocycles. The number of rotatable bonds is 3. The molecule has 8 unspecified atom stereocenters. The lowest BCUT2D eigenvalue weighted by molar-refractivity contribution is -0.134. The van der Waals surface area contributed by atoms with Crippen LogP contribution in [0, 0.1) is 11.8 Å². The van der Waals surface area contributed by atoms with Crippen molar-refractivity contribution in [3.05, 3.63) is 0 Å². The molecule has 3 saturated heterocycles. The molecule has 5 aliphatic rings. The molecule has 0 aromatic rings. The Balaban J connectivity index is 1.14. The van der Waals surface area contributed by atoms with E-state index >= 15 is 0 Å². The number of carbonyl (C=O) groups excluding carboxylic acids is 1. The Hall–Kier alpha value is -0.410. The van der Waals surface area contributed by atoms with Crippen LogP contribution >= 0.6 is 11.8 Å². The highest BCUT2D eigenvalue weighted by Gasteiger charge is 2.47. The highest BCUT2D eigenvalue weighted by Crippen LogP contribution is 2.40. The number of piperidine rings is 1. The van der Waals surface area contributed by atoms with Gasteiger partial charge in [0.2, 0.25) is 5.91 Å². The zero-order valence-electron chi connectivity index (χ0n) is 16.5. The molecule has 0 aromatic heterocycles. The number of hydrogen-bond donors (Lipinski definition) is 4. The number of aliphatic hydroxyl groups is 1. The van der Waals surface area contributed by atoms with Crippen molar-refractivity contribution in [1.82, 2.24) is 20.9 Å². The first kappa shape index (κ1) is 19.5. The molecule has 0 bridgehead atoms. The smallest absolute Gasteiger partial charge is 0.239 e. The first-order valence-electron chi connectivity index (χ1n) is 11.0. The monoisotopic (exact) mass is 412 g/mol. The van der Waals surface area contributed by atoms with Crippen molar-refractivity contribution >= 4 is 17.7 Å². The van der Waals surface area contributed by atoms with Gasteiger partial charge in [0.25, 0.3) is 0 Å². The second kappa shape index (κ2) is 7.69. The molecule has 4 N–H and O–H groups in total. The van der Waals surface area contributed by atoms with E-state index in [1.807, 2.05) is 16.7 Å². The van der Waals surface area contributed by atoms with E-state index < -0.39 is 6.17 Å². The van der Waals surface area contributed by atoms with E-state index in [0.29, 0.717) is 42.0 Å². The van der Waals surface area contributed by atoms with Crippen LogP contribution in [0.5, 0.6) is 0 Å². The molecular weight excluding hydrogens is 379 g/mol. The summed E-state index contributed by atoms with van der Waals surface area (Å²) in [4.78, 5) is 15.2. The fourth-order valence-corrected chi connectivity index (χ4v) is 7.52. The molecule has 2 aliphatic carbocycles. The number of hydrogen-bond acceptors (Lipinski definition) is 6. The summed E-state index contributed by atoms with van der Waals surface area (Å²) in [6, 6.07) is 0.886. The van der Waals surface area contributed by atoms with E-state index in [-0.39, 0.29) is 29.6 Å². The van der Waals surface area contributed by atoms with Crippen molar-refractivity contribution in [3.63, 3.8) is 0 Å². The summed E-state index contributed by atoms with van der Waals surface area (Å²) >= 11 is 1.89. The lowest BCUT2D eigenvalue weighted by Crippen LogP contribution is -2.55. The van der Waals surface area contributed by atoms with Gasteiger partial charge in [0.1, 0.15) is 11.7 Å². The summed E-state index contributed by atoms with van der Waals surface area (Å²) in [5.74, 6) is 1.01. The zero-order valence-corrected chi connectivity index (χ0v) is 17.3. The minimum atomic E-state index is -0.726. The number of amides is 1. The quantitative estimate of drug-likeness (QED) is 0.550. The van der Waals surface area contributed by atoms with Crippen LogP contribution in [-0.2, 0) is 4.79 Å². The molecule has 3 heterocycles. The molecule has 158 valence electrons. The molecule has 3 aliphatic heterocycles. The highest BCUT2D eigenvalue weighted by molar-refractivity contribution is 8.00. The first-order chi connectivity index (χ1) is 13.5. The number of fused-ring (bicyclic) bond motifs is 2. The summed E-state index contributed by atoms with van der Waals surface area (Å²) in [7, 11) is 0. The van der Waals surface area contributed by atoms with Crippen molar-refractivity contribution in [2.24, 2.45) is 11.8 Å². The van der Waals surface area contributed by atoms with Crippen molar-refractivity contribution in [2.45, 2.75) is 92.6 Å². The Morgan fingerprint density at radius 2 is 2.00 bits per heavy atom. The Labute approximate surface area is 170 Å². The molecular formula is C20H33FN4O2S. The van der Waals surface area contributed by atoms with Crippen LogP contribution in [0.1, 0.15) is 45.4 Å². The molecule has 1 amide bonds. The number of carbonyl (C=O) groups is 1. The first-order valence-corrected chi connectivity index (χ1v) is 11.9. The average Bonchev–Trinajstić information content (AvgIpc) is 3.22. The standard InChI is InChI=1S/C20H33FN4O2S/c1-10-4-11(21)5-16-14(10)8-17(23-16)19(27)25-3-2-15-18(9-25)28-20(24-15)22-12-6-13(26)7-12/h10-18,20,22-24,26H,2-9H2,1H3. The van der Waals surface area contributed by atoms with Gasteiger partial charge in [0.15, 0.2) is 0 Å². The van der Waals surface area contributed by atoms with Crippen LogP contribution in [-0.4, -0.2) is 76.2 Å². The van der Waals surface area contributed by atoms with Gasteiger partial charge in [-0.15, -0.1) is 11.8 Å². The summed E-state index contributed by atoms with van der Waals surface area (Å²) in [6.45, 7) is 3.73. The maximum Gasteiger partial charge on any atom is 0.239 e. The Morgan fingerprint density at radius 3 is 2.79 bits per heavy atom. The van der Waals surface area contributed by atoms with Crippen molar-refractivity contribution in [2.75, 3.05) is 13.1 Å². The lowest BCUT2D eigenvalue weighted by atomic mass is 9.76. The van der Waals surface area contributed by atoms with Crippen LogP contribution in [0.2, 0.25) is 0 Å². The van der Waals surface area contributed by atoms with Crippen LogP contribution in [0.15, 0.2) is 0 Å². The summed E-state index contributed by atoms with van der Waals surface area (Å²) in [5.41, 5.74) is 0.220. The molecule has 0 aromatic carbocycles. The number of aliphatic hydroxyl groups excluding tert-OH is 1. The van der Waals surface area contributed by atoms with Crippen molar-refractivity contribution < 1.29 is 14.3 Å². The third kappa shape index (κ3) is 3.71. The number of nitrogens with zero attached hydrogens (tertiary/aromatic N) is 1. The van der Waals surface area contributed by atoms with E-state index in [0.717, 1.165) is 38.8 Å². The SMILES string of the molecule is CC1CC(F)CC2NC(C(=O)N3CCC4NC(NC5CC(O)C5)SC4C3)CC12. The molecule has 8 heteroatoms. The predicted octanol–water partition coefficient (Wildman–Crippen LogP) is 0.804. The molecule has 0 spiro atoms. The molecule has 28 heavy (non-hydrogen) atoms. The molecule has 0 radical (unpaired) electrons. The Morgan fingerprint density at radius 1 is 1.18 bits per heavy atom. The predicted molar refractivity (Wildman–Crippen MR) is 108 cm³/mol. The van der Waals surface area contributed by atoms with Crippen molar-refractivity contribution in [3.8, 4) is 0 Å². The minimum absolute atomic E-state index is 0.135. The summed E-state index contributed by atoms with van der Waals surface area (Å²) < 4.78 is 13.9.